The molecule has 0 fully saturated rings. The lowest BCUT2D eigenvalue weighted by molar-refractivity contribution is -0.148. The zero-order valence-electron chi connectivity index (χ0n) is 11.7. The molecule has 0 rings (SSSR count). The summed E-state index contributed by atoms with van der Waals surface area (Å²) in [5.41, 5.74) is -0.514. The minimum absolute atomic E-state index is 0.0216. The van der Waals surface area contributed by atoms with Gasteiger partial charge in [-0.3, -0.25) is 9.59 Å². The van der Waals surface area contributed by atoms with Gasteiger partial charge in [-0.15, -0.1) is 0 Å². The molecule has 4 nitrogen and oxygen atoms in total. The normalized spacial score (nSPS) is 10.6. The van der Waals surface area contributed by atoms with Gasteiger partial charge in [-0.05, 0) is 25.4 Å². The van der Waals surface area contributed by atoms with Crippen LogP contribution >= 0.6 is 23.2 Å². The highest BCUT2D eigenvalue weighted by atomic mass is 35.5. The molecule has 1 atom stereocenters. The molecule has 0 saturated heterocycles. The number of hydrogen-bond donors (Lipinski definition) is 0. The van der Waals surface area contributed by atoms with Crippen LogP contribution in [0.2, 0.25) is 0 Å². The highest BCUT2D eigenvalue weighted by Crippen LogP contribution is 2.02. The van der Waals surface area contributed by atoms with Gasteiger partial charge < -0.3 is 9.53 Å². The Morgan fingerprint density at radius 1 is 1.06 bits per heavy atom. The number of carbonyl (C=O) groups excluding carboxylic acids is 3. The van der Waals surface area contributed by atoms with Crippen molar-refractivity contribution >= 4 is 40.7 Å². The van der Waals surface area contributed by atoms with Crippen molar-refractivity contribution in [2.45, 2.75) is 47.1 Å². The molecule has 0 aromatic carbocycles. The van der Waals surface area contributed by atoms with Gasteiger partial charge in [0.2, 0.25) is 5.24 Å². The molecule has 18 heavy (non-hydrogen) atoms. The molecule has 0 bridgehead atoms. The summed E-state index contributed by atoms with van der Waals surface area (Å²) < 4.78 is 4.64. The van der Waals surface area contributed by atoms with Crippen molar-refractivity contribution in [3.8, 4) is 0 Å². The number of halogens is 2. The maximum Gasteiger partial charge on any atom is 0.309 e. The van der Waals surface area contributed by atoms with Gasteiger partial charge in [0, 0.05) is 5.92 Å². The van der Waals surface area contributed by atoms with Crippen molar-refractivity contribution < 1.29 is 19.1 Å². The Morgan fingerprint density at radius 2 is 1.33 bits per heavy atom. The second-order valence-electron chi connectivity index (χ2n) is 3.83. The van der Waals surface area contributed by atoms with Gasteiger partial charge >= 0.3 is 5.97 Å². The minimum atomic E-state index is -0.514. The van der Waals surface area contributed by atoms with E-state index in [1.54, 1.807) is 34.6 Å². The van der Waals surface area contributed by atoms with E-state index in [4.69, 9.17) is 28.0 Å². The van der Waals surface area contributed by atoms with E-state index in [-0.39, 0.29) is 23.0 Å². The third-order valence-electron chi connectivity index (χ3n) is 1.20. The zero-order chi connectivity index (χ0) is 15.3. The summed E-state index contributed by atoms with van der Waals surface area (Å²) in [5, 5.41) is -0.269. The smallest absolute Gasteiger partial charge is 0.309 e. The highest BCUT2D eigenvalue weighted by Gasteiger charge is 2.09. The SMILES string of the molecule is CC(C)C(=O)Cl.CC(Cl)OC(=O)C(C)C.CC=O. The third kappa shape index (κ3) is 24.6. The Hall–Kier alpha value is -0.610. The van der Waals surface area contributed by atoms with Crippen LogP contribution in [0.4, 0.5) is 0 Å². The van der Waals surface area contributed by atoms with E-state index in [0.29, 0.717) is 0 Å². The van der Waals surface area contributed by atoms with E-state index in [1.165, 1.54) is 6.92 Å². The van der Waals surface area contributed by atoms with Crippen LogP contribution in [0, 0.1) is 11.8 Å². The Balaban J connectivity index is -0.000000216. The van der Waals surface area contributed by atoms with Gasteiger partial charge in [-0.2, -0.15) is 0 Å². The first-order chi connectivity index (χ1) is 8.09. The molecule has 0 aromatic rings. The molecule has 108 valence electrons. The summed E-state index contributed by atoms with van der Waals surface area (Å²) in [7, 11) is 0. The first-order valence-corrected chi connectivity index (χ1v) is 6.35. The number of ether oxygens (including phenoxy) is 1. The summed E-state index contributed by atoms with van der Waals surface area (Å²) in [6.07, 6.45) is 0.750. The number of aldehydes is 1. The van der Waals surface area contributed by atoms with Crippen LogP contribution in [0.1, 0.15) is 41.5 Å². The van der Waals surface area contributed by atoms with Crippen LogP contribution in [0.15, 0.2) is 0 Å². The molecular formula is C12H22Cl2O4. The van der Waals surface area contributed by atoms with Crippen molar-refractivity contribution in [3.63, 3.8) is 0 Å². The first kappa shape index (κ1) is 22.6. The van der Waals surface area contributed by atoms with Crippen molar-refractivity contribution in [1.82, 2.24) is 0 Å². The van der Waals surface area contributed by atoms with Gasteiger partial charge in [0.05, 0.1) is 5.92 Å². The van der Waals surface area contributed by atoms with Crippen molar-refractivity contribution in [2.24, 2.45) is 11.8 Å². The molecule has 0 aliphatic rings. The fourth-order valence-electron chi connectivity index (χ4n) is 0.296. The van der Waals surface area contributed by atoms with E-state index in [9.17, 15) is 9.59 Å². The van der Waals surface area contributed by atoms with Gasteiger partial charge in [-0.25, -0.2) is 0 Å². The quantitative estimate of drug-likeness (QED) is 0.347. The van der Waals surface area contributed by atoms with E-state index >= 15 is 0 Å². The van der Waals surface area contributed by atoms with Crippen molar-refractivity contribution in [2.75, 3.05) is 0 Å². The molecule has 6 heteroatoms. The topological polar surface area (TPSA) is 60.4 Å². The molecule has 0 amide bonds. The second-order valence-corrected chi connectivity index (χ2v) is 4.82. The van der Waals surface area contributed by atoms with Crippen LogP contribution in [-0.4, -0.2) is 23.1 Å². The van der Waals surface area contributed by atoms with Crippen LogP contribution < -0.4 is 0 Å². The number of hydrogen-bond acceptors (Lipinski definition) is 4. The average molecular weight is 301 g/mol. The predicted molar refractivity (Wildman–Crippen MR) is 73.7 cm³/mol. The predicted octanol–water partition coefficient (Wildman–Crippen LogP) is 3.38. The lowest BCUT2D eigenvalue weighted by Gasteiger charge is -2.07. The molecule has 0 saturated carbocycles. The van der Waals surface area contributed by atoms with Crippen molar-refractivity contribution in [3.05, 3.63) is 0 Å². The number of alkyl halides is 1. The molecule has 0 heterocycles. The summed E-state index contributed by atoms with van der Waals surface area (Å²) in [6.45, 7) is 10.1. The van der Waals surface area contributed by atoms with E-state index in [0.717, 1.165) is 6.29 Å². The third-order valence-corrected chi connectivity index (χ3v) is 1.73. The summed E-state index contributed by atoms with van der Waals surface area (Å²) in [5.74, 6) is -0.365. The highest BCUT2D eigenvalue weighted by molar-refractivity contribution is 6.63. The fraction of sp³-hybridized carbons (Fsp3) is 0.750. The minimum Gasteiger partial charge on any atom is -0.446 e. The average Bonchev–Trinajstić information content (AvgIpc) is 2.18. The standard InChI is InChI=1S/C6H11ClO2.C4H7ClO.C2H4O/c1-4(2)6(8)9-5(3)7;1-3(2)4(5)6;1-2-3/h4-5H,1-3H3;3H,1-2H3;2H,1H3. The van der Waals surface area contributed by atoms with Gasteiger partial charge in [0.15, 0.2) is 5.56 Å². The fourth-order valence-corrected chi connectivity index (χ4v) is 0.384. The Morgan fingerprint density at radius 3 is 1.39 bits per heavy atom. The van der Waals surface area contributed by atoms with E-state index in [2.05, 4.69) is 4.74 Å². The molecule has 0 aromatic heterocycles. The van der Waals surface area contributed by atoms with Gasteiger partial charge in [0.1, 0.15) is 6.29 Å². The number of carbonyl (C=O) groups is 3. The molecule has 0 N–H and O–H groups in total. The van der Waals surface area contributed by atoms with Crippen LogP contribution in [0.3, 0.4) is 0 Å². The lowest BCUT2D eigenvalue weighted by atomic mass is 10.2. The van der Waals surface area contributed by atoms with Gasteiger partial charge in [-0.1, -0.05) is 39.3 Å². The van der Waals surface area contributed by atoms with Crippen LogP contribution in [0.25, 0.3) is 0 Å². The molecular weight excluding hydrogens is 279 g/mol. The Labute approximate surface area is 119 Å². The molecule has 0 radical (unpaired) electrons. The summed E-state index contributed by atoms with van der Waals surface area (Å²) >= 11 is 10.3. The number of esters is 1. The zero-order valence-corrected chi connectivity index (χ0v) is 13.2. The lowest BCUT2D eigenvalue weighted by Crippen LogP contribution is -2.14. The second kappa shape index (κ2) is 14.5. The molecule has 0 aliphatic carbocycles. The summed E-state index contributed by atoms with van der Waals surface area (Å²) in [6, 6.07) is 0. The van der Waals surface area contributed by atoms with E-state index < -0.39 is 5.56 Å². The van der Waals surface area contributed by atoms with Crippen molar-refractivity contribution in [1.29, 1.82) is 0 Å². The molecule has 0 aliphatic heterocycles. The van der Waals surface area contributed by atoms with E-state index in [1.807, 2.05) is 0 Å². The Kier molecular flexibility index (Phi) is 18.1. The Bertz CT molecular complexity index is 238. The maximum absolute atomic E-state index is 10.6. The molecule has 1 unspecified atom stereocenters. The monoisotopic (exact) mass is 300 g/mol. The largest absolute Gasteiger partial charge is 0.446 e. The first-order valence-electron chi connectivity index (χ1n) is 5.53. The molecule has 0 spiro atoms. The maximum atomic E-state index is 10.6. The summed E-state index contributed by atoms with van der Waals surface area (Å²) in [4.78, 5) is 29.4. The number of rotatable bonds is 3. The van der Waals surface area contributed by atoms with Crippen LogP contribution in [-0.2, 0) is 19.1 Å². The van der Waals surface area contributed by atoms with Gasteiger partial charge in [0.25, 0.3) is 0 Å². The van der Waals surface area contributed by atoms with Crippen LogP contribution in [0.5, 0.6) is 0 Å².